The van der Waals surface area contributed by atoms with Crippen molar-refractivity contribution in [1.29, 1.82) is 0 Å². The van der Waals surface area contributed by atoms with Gasteiger partial charge in [-0.05, 0) is 48.3 Å². The minimum atomic E-state index is 0.494. The molecule has 0 aliphatic heterocycles. The summed E-state index contributed by atoms with van der Waals surface area (Å²) < 4.78 is 0. The first-order valence-corrected chi connectivity index (χ1v) is 5.93. The topological polar surface area (TPSA) is 0 Å². The largest absolute Gasteiger partial charge is 0.0827 e. The molecule has 1 aromatic carbocycles. The molecule has 0 unspecified atom stereocenters. The van der Waals surface area contributed by atoms with E-state index in [1.807, 2.05) is 6.07 Å². The number of rotatable bonds is 1. The van der Waals surface area contributed by atoms with Gasteiger partial charge in [0.05, 0.1) is 10.0 Å². The van der Waals surface area contributed by atoms with Crippen molar-refractivity contribution in [3.8, 4) is 0 Å². The second-order valence-corrected chi connectivity index (χ2v) is 5.39. The molecule has 0 saturated heterocycles. The Kier molecular flexibility index (Phi) is 1.87. The number of hydrogen-bond donors (Lipinski definition) is 0. The summed E-state index contributed by atoms with van der Waals surface area (Å²) in [6, 6.07) is 6.15. The Morgan fingerprint density at radius 2 is 2.07 bits per heavy atom. The van der Waals surface area contributed by atoms with Gasteiger partial charge in [0.1, 0.15) is 0 Å². The highest BCUT2D eigenvalue weighted by Gasteiger charge is 2.57. The van der Waals surface area contributed by atoms with Crippen LogP contribution in [0.1, 0.15) is 31.2 Å². The SMILES string of the molecule is Clc1ccc([C@]23CCC[C@H]2C3)cc1Cl. The van der Waals surface area contributed by atoms with Crippen molar-refractivity contribution in [1.82, 2.24) is 0 Å². The molecule has 2 fully saturated rings. The van der Waals surface area contributed by atoms with Crippen LogP contribution >= 0.6 is 23.2 Å². The van der Waals surface area contributed by atoms with Crippen LogP contribution < -0.4 is 0 Å². The van der Waals surface area contributed by atoms with Crippen molar-refractivity contribution in [2.24, 2.45) is 5.92 Å². The molecule has 2 heteroatoms. The van der Waals surface area contributed by atoms with Gasteiger partial charge >= 0.3 is 0 Å². The molecule has 2 saturated carbocycles. The molecule has 0 radical (unpaired) electrons. The Bertz CT molecular complexity index is 386. The van der Waals surface area contributed by atoms with Crippen molar-refractivity contribution in [3.63, 3.8) is 0 Å². The zero-order valence-electron chi connectivity index (χ0n) is 7.89. The maximum Gasteiger partial charge on any atom is 0.0595 e. The molecule has 0 bridgehead atoms. The first-order valence-electron chi connectivity index (χ1n) is 5.18. The van der Waals surface area contributed by atoms with Gasteiger partial charge in [-0.1, -0.05) is 35.7 Å². The second kappa shape index (κ2) is 2.90. The highest BCUT2D eigenvalue weighted by Crippen LogP contribution is 2.64. The summed E-state index contributed by atoms with van der Waals surface area (Å²) in [6.07, 6.45) is 5.49. The summed E-state index contributed by atoms with van der Waals surface area (Å²) in [5.74, 6) is 0.930. The van der Waals surface area contributed by atoms with Crippen LogP contribution in [0.5, 0.6) is 0 Å². The van der Waals surface area contributed by atoms with Gasteiger partial charge in [0, 0.05) is 0 Å². The van der Waals surface area contributed by atoms with Gasteiger partial charge in [0.25, 0.3) is 0 Å². The first-order chi connectivity index (χ1) is 6.72. The van der Waals surface area contributed by atoms with Crippen LogP contribution in [0.3, 0.4) is 0 Å². The van der Waals surface area contributed by atoms with Gasteiger partial charge in [0.15, 0.2) is 0 Å². The Morgan fingerprint density at radius 1 is 1.21 bits per heavy atom. The zero-order valence-corrected chi connectivity index (χ0v) is 9.41. The zero-order chi connectivity index (χ0) is 9.76. The fourth-order valence-corrected chi connectivity index (χ4v) is 3.33. The average Bonchev–Trinajstić information content (AvgIpc) is 2.75. The molecule has 0 spiro atoms. The molecule has 14 heavy (non-hydrogen) atoms. The van der Waals surface area contributed by atoms with E-state index in [9.17, 15) is 0 Å². The van der Waals surface area contributed by atoms with E-state index in [-0.39, 0.29) is 0 Å². The van der Waals surface area contributed by atoms with Crippen LogP contribution in [0.4, 0.5) is 0 Å². The fraction of sp³-hybridized carbons (Fsp3) is 0.500. The maximum atomic E-state index is 6.04. The minimum Gasteiger partial charge on any atom is -0.0827 e. The van der Waals surface area contributed by atoms with Crippen molar-refractivity contribution in [2.45, 2.75) is 31.1 Å². The third-order valence-corrected chi connectivity index (χ3v) is 4.64. The molecule has 0 aromatic heterocycles. The quantitative estimate of drug-likeness (QED) is 0.665. The molecule has 3 rings (SSSR count). The van der Waals surface area contributed by atoms with Gasteiger partial charge in [-0.25, -0.2) is 0 Å². The van der Waals surface area contributed by atoms with Crippen molar-refractivity contribution < 1.29 is 0 Å². The lowest BCUT2D eigenvalue weighted by molar-refractivity contribution is 0.657. The van der Waals surface area contributed by atoms with Gasteiger partial charge in [-0.2, -0.15) is 0 Å². The standard InChI is InChI=1S/C12H12Cl2/c13-10-4-3-8(6-11(10)14)12-5-1-2-9(12)7-12/h3-4,6,9H,1-2,5,7H2/t9-,12+/m0/s1. The van der Waals surface area contributed by atoms with Gasteiger partial charge in [0.2, 0.25) is 0 Å². The maximum absolute atomic E-state index is 6.04. The van der Waals surface area contributed by atoms with Gasteiger partial charge in [-0.15, -0.1) is 0 Å². The smallest absolute Gasteiger partial charge is 0.0595 e. The predicted octanol–water partition coefficient (Wildman–Crippen LogP) is 4.44. The second-order valence-electron chi connectivity index (χ2n) is 4.58. The summed E-state index contributed by atoms with van der Waals surface area (Å²) >= 11 is 12.0. The predicted molar refractivity (Wildman–Crippen MR) is 60.1 cm³/mol. The van der Waals surface area contributed by atoms with Gasteiger partial charge in [-0.3, -0.25) is 0 Å². The Labute approximate surface area is 94.2 Å². The monoisotopic (exact) mass is 226 g/mol. The Balaban J connectivity index is 2.01. The third-order valence-electron chi connectivity index (χ3n) is 3.90. The number of fused-ring (bicyclic) bond motifs is 1. The van der Waals surface area contributed by atoms with E-state index >= 15 is 0 Å². The molecule has 2 aliphatic rings. The van der Waals surface area contributed by atoms with E-state index < -0.39 is 0 Å². The molecule has 1 aromatic rings. The number of hydrogen-bond acceptors (Lipinski definition) is 0. The molecular weight excluding hydrogens is 215 g/mol. The Hall–Kier alpha value is -0.200. The van der Waals surface area contributed by atoms with E-state index in [1.54, 1.807) is 0 Å². The summed E-state index contributed by atoms with van der Waals surface area (Å²) in [7, 11) is 0. The molecular formula is C12H12Cl2. The van der Waals surface area contributed by atoms with Gasteiger partial charge < -0.3 is 0 Å². The Morgan fingerprint density at radius 3 is 2.64 bits per heavy atom. The third kappa shape index (κ3) is 1.14. The number of halogens is 2. The first kappa shape index (κ1) is 9.06. The summed E-state index contributed by atoms with van der Waals surface area (Å²) in [6.45, 7) is 0. The van der Waals surface area contributed by atoms with Crippen LogP contribution in [0.2, 0.25) is 10.0 Å². The van der Waals surface area contributed by atoms with Crippen molar-refractivity contribution in [3.05, 3.63) is 33.8 Å². The van der Waals surface area contributed by atoms with E-state index in [4.69, 9.17) is 23.2 Å². The lowest BCUT2D eigenvalue weighted by Crippen LogP contribution is -2.04. The highest BCUT2D eigenvalue weighted by atomic mass is 35.5. The normalized spacial score (nSPS) is 34.3. The average molecular weight is 227 g/mol. The number of benzene rings is 1. The van der Waals surface area contributed by atoms with Crippen LogP contribution in [0, 0.1) is 5.92 Å². The molecule has 0 nitrogen and oxygen atoms in total. The molecule has 2 aliphatic carbocycles. The van der Waals surface area contributed by atoms with Crippen molar-refractivity contribution >= 4 is 23.2 Å². The minimum absolute atomic E-state index is 0.494. The highest BCUT2D eigenvalue weighted by molar-refractivity contribution is 6.42. The summed E-state index contributed by atoms with van der Waals surface area (Å²) in [5, 5.41) is 1.37. The fourth-order valence-electron chi connectivity index (χ4n) is 3.03. The van der Waals surface area contributed by atoms with E-state index in [0.29, 0.717) is 15.5 Å². The van der Waals surface area contributed by atoms with E-state index in [2.05, 4.69) is 12.1 Å². The van der Waals surface area contributed by atoms with Crippen LogP contribution in [-0.2, 0) is 5.41 Å². The van der Waals surface area contributed by atoms with E-state index in [0.717, 1.165) is 5.92 Å². The molecule has 2 atom stereocenters. The van der Waals surface area contributed by atoms with Crippen LogP contribution in [0.25, 0.3) is 0 Å². The summed E-state index contributed by atoms with van der Waals surface area (Å²) in [4.78, 5) is 0. The molecule has 74 valence electrons. The molecule has 0 heterocycles. The lowest BCUT2D eigenvalue weighted by atomic mass is 9.93. The van der Waals surface area contributed by atoms with E-state index in [1.165, 1.54) is 31.2 Å². The van der Waals surface area contributed by atoms with Crippen LogP contribution in [-0.4, -0.2) is 0 Å². The molecule has 0 amide bonds. The summed E-state index contributed by atoms with van der Waals surface area (Å²) in [5.41, 5.74) is 1.91. The van der Waals surface area contributed by atoms with Crippen LogP contribution in [0.15, 0.2) is 18.2 Å². The van der Waals surface area contributed by atoms with Crippen molar-refractivity contribution in [2.75, 3.05) is 0 Å². The lowest BCUT2D eigenvalue weighted by Gasteiger charge is -2.12. The molecule has 0 N–H and O–H groups in total.